The van der Waals surface area contributed by atoms with Gasteiger partial charge in [0.05, 0.1) is 0 Å². The van der Waals surface area contributed by atoms with Gasteiger partial charge in [-0.1, -0.05) is 224 Å². The van der Waals surface area contributed by atoms with Gasteiger partial charge in [0.1, 0.15) is 0 Å². The van der Waals surface area contributed by atoms with E-state index < -0.39 is 0 Å². The van der Waals surface area contributed by atoms with E-state index in [0.29, 0.717) is 0 Å². The Morgan fingerprint density at radius 1 is 0.250 bits per heavy atom. The molecular formula is C75H57N. The minimum absolute atomic E-state index is 0.129. The molecule has 3 aliphatic carbocycles. The number of anilines is 3. The summed E-state index contributed by atoms with van der Waals surface area (Å²) < 4.78 is 0. The molecule has 0 aromatic heterocycles. The second-order valence-corrected chi connectivity index (χ2v) is 23.2. The Hall–Kier alpha value is -8.78. The van der Waals surface area contributed by atoms with Gasteiger partial charge in [-0.2, -0.15) is 0 Å². The van der Waals surface area contributed by atoms with E-state index in [1.165, 1.54) is 132 Å². The van der Waals surface area contributed by atoms with Crippen LogP contribution in [0.1, 0.15) is 74.9 Å². The predicted octanol–water partition coefficient (Wildman–Crippen LogP) is 20.5. The Morgan fingerprint density at radius 2 is 0.500 bits per heavy atom. The number of hydrogen-bond acceptors (Lipinski definition) is 1. The number of hydrogen-bond donors (Lipinski definition) is 0. The molecule has 3 aliphatic rings. The predicted molar refractivity (Wildman–Crippen MR) is 323 cm³/mol. The van der Waals surface area contributed by atoms with Crippen LogP contribution in [0.5, 0.6) is 0 Å². The molecular weight excluding hydrogens is 915 g/mol. The van der Waals surface area contributed by atoms with Crippen molar-refractivity contribution < 1.29 is 0 Å². The van der Waals surface area contributed by atoms with Crippen LogP contribution < -0.4 is 4.90 Å². The van der Waals surface area contributed by atoms with E-state index in [1.54, 1.807) is 0 Å². The van der Waals surface area contributed by atoms with Crippen LogP contribution in [0.25, 0.3) is 99.1 Å². The molecule has 1 nitrogen and oxygen atoms in total. The lowest BCUT2D eigenvalue weighted by atomic mass is 9.79. The van der Waals surface area contributed by atoms with Gasteiger partial charge in [0, 0.05) is 33.3 Å². The number of fused-ring (bicyclic) bond motifs is 15. The summed E-state index contributed by atoms with van der Waals surface area (Å²) in [5.74, 6) is 0. The average molecular weight is 972 g/mol. The zero-order valence-corrected chi connectivity index (χ0v) is 44.0. The summed E-state index contributed by atoms with van der Waals surface area (Å²) in [6, 6.07) is 89.2. The first-order valence-corrected chi connectivity index (χ1v) is 27.1. The van der Waals surface area contributed by atoms with Gasteiger partial charge in [-0.3, -0.25) is 0 Å². The molecule has 12 aromatic rings. The van der Waals surface area contributed by atoms with Crippen molar-refractivity contribution in [3.63, 3.8) is 0 Å². The van der Waals surface area contributed by atoms with Crippen LogP contribution in [-0.2, 0) is 16.2 Å². The Kier molecular flexibility index (Phi) is 9.47. The third kappa shape index (κ3) is 6.26. The van der Waals surface area contributed by atoms with Crippen molar-refractivity contribution in [3.8, 4) is 66.8 Å². The fourth-order valence-electron chi connectivity index (χ4n) is 14.5. The highest BCUT2D eigenvalue weighted by Crippen LogP contribution is 2.58. The van der Waals surface area contributed by atoms with E-state index in [0.717, 1.165) is 17.1 Å². The van der Waals surface area contributed by atoms with Crippen molar-refractivity contribution in [1.82, 2.24) is 0 Å². The molecule has 0 fully saturated rings. The summed E-state index contributed by atoms with van der Waals surface area (Å²) in [6.07, 6.45) is 0. The van der Waals surface area contributed by atoms with E-state index in [-0.39, 0.29) is 16.2 Å². The molecule has 12 aromatic carbocycles. The van der Waals surface area contributed by atoms with Crippen molar-refractivity contribution in [2.75, 3.05) is 4.90 Å². The maximum atomic E-state index is 2.44. The smallest absolute Gasteiger partial charge is 0.0462 e. The van der Waals surface area contributed by atoms with Gasteiger partial charge in [0.2, 0.25) is 0 Å². The third-order valence-corrected chi connectivity index (χ3v) is 17.9. The SMILES string of the molecule is CC1(C)c2ccccc2-c2c(-c3ccc(N(c4ccc(-c5cc6ccccc6c6c5-c5ccccc5C6(C)C)cc4)c4ccc(-c5cc6ccccc6c6c5-c5ccccc5C6(C)C)cc4)cc3)cc3ccccc3c21. The van der Waals surface area contributed by atoms with E-state index in [1.807, 2.05) is 0 Å². The minimum atomic E-state index is -0.129. The monoisotopic (exact) mass is 971 g/mol. The number of benzene rings is 12. The van der Waals surface area contributed by atoms with Crippen LogP contribution >= 0.6 is 0 Å². The first-order valence-electron chi connectivity index (χ1n) is 27.1. The molecule has 0 bridgehead atoms. The quantitative estimate of drug-likeness (QED) is 0.160. The van der Waals surface area contributed by atoms with Gasteiger partial charge in [-0.05, 0) is 187 Å². The lowest BCUT2D eigenvalue weighted by Gasteiger charge is -2.27. The summed E-state index contributed by atoms with van der Waals surface area (Å²) in [6.45, 7) is 14.4. The second-order valence-electron chi connectivity index (χ2n) is 23.2. The first kappa shape index (κ1) is 44.7. The maximum Gasteiger partial charge on any atom is 0.0462 e. The van der Waals surface area contributed by atoms with Crippen molar-refractivity contribution in [2.24, 2.45) is 0 Å². The zero-order valence-electron chi connectivity index (χ0n) is 44.0. The van der Waals surface area contributed by atoms with Crippen LogP contribution in [0.4, 0.5) is 17.1 Å². The minimum Gasteiger partial charge on any atom is -0.311 e. The summed E-state index contributed by atoms with van der Waals surface area (Å²) in [7, 11) is 0. The van der Waals surface area contributed by atoms with E-state index in [2.05, 4.69) is 283 Å². The van der Waals surface area contributed by atoms with Crippen LogP contribution in [-0.4, -0.2) is 0 Å². The zero-order chi connectivity index (χ0) is 51.2. The van der Waals surface area contributed by atoms with Gasteiger partial charge in [0.25, 0.3) is 0 Å². The Morgan fingerprint density at radius 3 is 0.789 bits per heavy atom. The van der Waals surface area contributed by atoms with Crippen LogP contribution in [0.15, 0.2) is 237 Å². The van der Waals surface area contributed by atoms with Gasteiger partial charge in [-0.15, -0.1) is 0 Å². The summed E-state index contributed by atoms with van der Waals surface area (Å²) >= 11 is 0. The van der Waals surface area contributed by atoms with E-state index >= 15 is 0 Å². The van der Waals surface area contributed by atoms with E-state index in [9.17, 15) is 0 Å². The summed E-state index contributed by atoms with van der Waals surface area (Å²) in [5, 5.41) is 7.82. The largest absolute Gasteiger partial charge is 0.311 e. The Balaban J connectivity index is 0.890. The molecule has 0 spiro atoms. The fourth-order valence-corrected chi connectivity index (χ4v) is 14.5. The molecule has 0 heterocycles. The molecule has 0 aliphatic heterocycles. The molecule has 0 amide bonds. The normalized spacial score (nSPS) is 14.8. The lowest BCUT2D eigenvalue weighted by Crippen LogP contribution is -2.15. The van der Waals surface area contributed by atoms with E-state index in [4.69, 9.17) is 0 Å². The molecule has 0 radical (unpaired) electrons. The number of nitrogens with zero attached hydrogens (tertiary/aromatic N) is 1. The molecule has 15 rings (SSSR count). The molecule has 362 valence electrons. The Bertz CT molecular complexity index is 3940. The average Bonchev–Trinajstić information content (AvgIpc) is 3.98. The van der Waals surface area contributed by atoms with Gasteiger partial charge in [0.15, 0.2) is 0 Å². The molecule has 1 heteroatoms. The molecule has 76 heavy (non-hydrogen) atoms. The third-order valence-electron chi connectivity index (χ3n) is 17.9. The summed E-state index contributed by atoms with van der Waals surface area (Å²) in [4.78, 5) is 2.44. The standard InChI is InChI=1S/C75H57N/c1-73(2)64-28-16-13-25-58(64)67-61(43-49-19-7-10-22-55(49)70(67)73)46-31-37-52(38-32-46)76(53-39-33-47(34-40-53)62-44-50-20-8-11-23-56(50)71-68(62)59-26-14-17-29-65(59)74(71,3)4)54-41-35-48(36-42-54)63-45-51-21-9-12-24-57(51)72-69(63)60-27-15-18-30-66(60)75(72,5)6/h7-45H,1-6H3. The molecule has 0 N–H and O–H groups in total. The molecule has 0 saturated heterocycles. The van der Waals surface area contributed by atoms with Crippen LogP contribution in [0.3, 0.4) is 0 Å². The van der Waals surface area contributed by atoms with Gasteiger partial charge < -0.3 is 4.90 Å². The van der Waals surface area contributed by atoms with Gasteiger partial charge in [-0.25, -0.2) is 0 Å². The Labute approximate surface area is 446 Å². The molecule has 0 unspecified atom stereocenters. The molecule has 0 saturated carbocycles. The topological polar surface area (TPSA) is 3.24 Å². The highest BCUT2D eigenvalue weighted by Gasteiger charge is 2.41. The maximum absolute atomic E-state index is 2.44. The molecule has 0 atom stereocenters. The number of rotatable bonds is 6. The highest BCUT2D eigenvalue weighted by molar-refractivity contribution is 6.08. The van der Waals surface area contributed by atoms with Crippen molar-refractivity contribution in [3.05, 3.63) is 270 Å². The van der Waals surface area contributed by atoms with Crippen molar-refractivity contribution >= 4 is 49.4 Å². The highest BCUT2D eigenvalue weighted by atomic mass is 15.1. The van der Waals surface area contributed by atoms with Crippen LogP contribution in [0.2, 0.25) is 0 Å². The van der Waals surface area contributed by atoms with Crippen molar-refractivity contribution in [1.29, 1.82) is 0 Å². The summed E-state index contributed by atoms with van der Waals surface area (Å²) in [5.41, 5.74) is 26.9. The van der Waals surface area contributed by atoms with Crippen LogP contribution in [0, 0.1) is 0 Å². The van der Waals surface area contributed by atoms with Crippen molar-refractivity contribution in [2.45, 2.75) is 57.8 Å². The fraction of sp³-hybridized carbons (Fsp3) is 0.120. The second kappa shape index (κ2) is 16.1. The first-order chi connectivity index (χ1) is 37.0. The van der Waals surface area contributed by atoms with Gasteiger partial charge >= 0.3 is 0 Å². The lowest BCUT2D eigenvalue weighted by molar-refractivity contribution is 0.666.